The second kappa shape index (κ2) is 7.84. The first-order chi connectivity index (χ1) is 12.5. The maximum atomic E-state index is 12.8. The third-order valence-electron chi connectivity index (χ3n) is 4.37. The van der Waals surface area contributed by atoms with Crippen LogP contribution in [0.3, 0.4) is 0 Å². The molecule has 0 spiro atoms. The second-order valence-electron chi connectivity index (χ2n) is 5.98. The lowest BCUT2D eigenvalue weighted by Gasteiger charge is -2.34. The lowest BCUT2D eigenvalue weighted by atomic mass is 10.1. The molecule has 1 aliphatic heterocycles. The molecule has 3 rings (SSSR count). The predicted molar refractivity (Wildman–Crippen MR) is 98.4 cm³/mol. The Bertz CT molecular complexity index is 863. The summed E-state index contributed by atoms with van der Waals surface area (Å²) in [6, 6.07) is 12.3. The molecule has 7 nitrogen and oxygen atoms in total. The van der Waals surface area contributed by atoms with E-state index in [0.29, 0.717) is 31.7 Å². The van der Waals surface area contributed by atoms with Gasteiger partial charge in [-0.25, -0.2) is 18.2 Å². The molecule has 1 aliphatic rings. The lowest BCUT2D eigenvalue weighted by molar-refractivity contribution is 0.0600. The molecular weight excluding hydrogens is 354 g/mol. The summed E-state index contributed by atoms with van der Waals surface area (Å²) in [6.45, 7) is 1.93. The molecule has 0 unspecified atom stereocenters. The van der Waals surface area contributed by atoms with Crippen LogP contribution >= 0.6 is 0 Å². The molecule has 1 aromatic heterocycles. The zero-order chi connectivity index (χ0) is 18.6. The number of anilines is 1. The first-order valence-electron chi connectivity index (χ1n) is 8.31. The van der Waals surface area contributed by atoms with Gasteiger partial charge in [0, 0.05) is 32.4 Å². The van der Waals surface area contributed by atoms with Gasteiger partial charge in [0.15, 0.2) is 0 Å². The molecule has 0 saturated carbocycles. The van der Waals surface area contributed by atoms with Crippen LogP contribution in [-0.4, -0.2) is 57.0 Å². The number of hydrogen-bond acceptors (Lipinski definition) is 6. The minimum absolute atomic E-state index is 0.220. The second-order valence-corrected chi connectivity index (χ2v) is 7.95. The van der Waals surface area contributed by atoms with Crippen molar-refractivity contribution in [2.45, 2.75) is 5.75 Å². The van der Waals surface area contributed by atoms with Gasteiger partial charge in [0.05, 0.1) is 18.4 Å². The van der Waals surface area contributed by atoms with E-state index in [-0.39, 0.29) is 11.3 Å². The van der Waals surface area contributed by atoms with Crippen molar-refractivity contribution in [2.24, 2.45) is 0 Å². The minimum atomic E-state index is -3.53. The lowest BCUT2D eigenvalue weighted by Crippen LogP contribution is -2.49. The molecule has 0 atom stereocenters. The van der Waals surface area contributed by atoms with E-state index in [0.717, 1.165) is 5.82 Å². The number of carbonyl (C=O) groups is 1. The van der Waals surface area contributed by atoms with Crippen LogP contribution in [0.15, 0.2) is 48.7 Å². The largest absolute Gasteiger partial charge is 0.465 e. The maximum absolute atomic E-state index is 12.8. The van der Waals surface area contributed by atoms with E-state index in [1.807, 2.05) is 18.2 Å². The Morgan fingerprint density at radius 3 is 2.42 bits per heavy atom. The number of piperazine rings is 1. The first kappa shape index (κ1) is 18.3. The van der Waals surface area contributed by atoms with Crippen molar-refractivity contribution in [3.63, 3.8) is 0 Å². The molecule has 1 aromatic carbocycles. The number of methoxy groups -OCH3 is 1. The molecule has 0 aliphatic carbocycles. The molecule has 2 heterocycles. The average molecular weight is 375 g/mol. The van der Waals surface area contributed by atoms with Gasteiger partial charge < -0.3 is 9.64 Å². The monoisotopic (exact) mass is 375 g/mol. The van der Waals surface area contributed by atoms with Gasteiger partial charge in [-0.05, 0) is 23.8 Å². The summed E-state index contributed by atoms with van der Waals surface area (Å²) in [6.07, 6.45) is 1.72. The van der Waals surface area contributed by atoms with Crippen molar-refractivity contribution in [3.8, 4) is 0 Å². The summed E-state index contributed by atoms with van der Waals surface area (Å²) in [5, 5.41) is 0. The zero-order valence-corrected chi connectivity index (χ0v) is 15.4. The number of benzene rings is 1. The molecule has 8 heteroatoms. The Balaban J connectivity index is 1.70. The van der Waals surface area contributed by atoms with Crippen LogP contribution in [0.5, 0.6) is 0 Å². The van der Waals surface area contributed by atoms with E-state index < -0.39 is 16.0 Å². The van der Waals surface area contributed by atoms with Crippen molar-refractivity contribution in [1.82, 2.24) is 9.29 Å². The summed E-state index contributed by atoms with van der Waals surface area (Å²) in [5.74, 6) is 0.0957. The van der Waals surface area contributed by atoms with E-state index in [1.165, 1.54) is 11.4 Å². The summed E-state index contributed by atoms with van der Waals surface area (Å²) in [5.41, 5.74) is 0.734. The Hall–Kier alpha value is -2.45. The van der Waals surface area contributed by atoms with E-state index in [9.17, 15) is 13.2 Å². The van der Waals surface area contributed by atoms with Gasteiger partial charge in [0.25, 0.3) is 0 Å². The van der Waals surface area contributed by atoms with Crippen LogP contribution in [0.4, 0.5) is 5.82 Å². The third-order valence-corrected chi connectivity index (χ3v) is 6.19. The molecule has 26 heavy (non-hydrogen) atoms. The van der Waals surface area contributed by atoms with E-state index in [2.05, 4.69) is 9.88 Å². The van der Waals surface area contributed by atoms with Crippen molar-refractivity contribution < 1.29 is 17.9 Å². The number of carbonyl (C=O) groups excluding carboxylic acids is 1. The topological polar surface area (TPSA) is 79.8 Å². The molecule has 1 saturated heterocycles. The third kappa shape index (κ3) is 4.03. The highest BCUT2D eigenvalue weighted by atomic mass is 32.2. The summed E-state index contributed by atoms with van der Waals surface area (Å²) in [4.78, 5) is 18.2. The summed E-state index contributed by atoms with van der Waals surface area (Å²) < 4.78 is 31.8. The number of rotatable bonds is 5. The smallest absolute Gasteiger partial charge is 0.338 e. The summed E-state index contributed by atoms with van der Waals surface area (Å²) >= 11 is 0. The summed E-state index contributed by atoms with van der Waals surface area (Å²) in [7, 11) is -2.25. The number of hydrogen-bond donors (Lipinski definition) is 0. The number of nitrogens with zero attached hydrogens (tertiary/aromatic N) is 3. The van der Waals surface area contributed by atoms with E-state index in [1.54, 1.807) is 30.5 Å². The Labute approximate surface area is 153 Å². The van der Waals surface area contributed by atoms with Gasteiger partial charge in [-0.2, -0.15) is 4.31 Å². The molecule has 0 radical (unpaired) electrons. The highest BCUT2D eigenvalue weighted by Crippen LogP contribution is 2.19. The molecule has 0 amide bonds. The van der Waals surface area contributed by atoms with Gasteiger partial charge in [0.2, 0.25) is 10.0 Å². The zero-order valence-electron chi connectivity index (χ0n) is 14.5. The Morgan fingerprint density at radius 2 is 1.77 bits per heavy atom. The fourth-order valence-electron chi connectivity index (χ4n) is 2.98. The minimum Gasteiger partial charge on any atom is -0.465 e. The van der Waals surface area contributed by atoms with Gasteiger partial charge >= 0.3 is 5.97 Å². The van der Waals surface area contributed by atoms with Gasteiger partial charge in [-0.3, -0.25) is 0 Å². The van der Waals surface area contributed by atoms with Crippen LogP contribution < -0.4 is 4.90 Å². The Morgan fingerprint density at radius 1 is 1.08 bits per heavy atom. The van der Waals surface area contributed by atoms with Crippen molar-refractivity contribution in [1.29, 1.82) is 0 Å². The number of esters is 1. The fraction of sp³-hybridized carbons (Fsp3) is 0.333. The number of aromatic nitrogens is 1. The quantitative estimate of drug-likeness (QED) is 0.737. The number of ether oxygens (including phenoxy) is 1. The standard InChI is InChI=1S/C18H21N3O4S/c1-25-18(22)16-7-3-2-6-15(16)14-26(23,24)21-12-10-20(11-13-21)17-8-4-5-9-19-17/h2-9H,10-14H2,1H3. The highest BCUT2D eigenvalue weighted by molar-refractivity contribution is 7.88. The molecule has 2 aromatic rings. The van der Waals surface area contributed by atoms with Crippen LogP contribution in [-0.2, 0) is 20.5 Å². The Kier molecular flexibility index (Phi) is 5.53. The van der Waals surface area contributed by atoms with Crippen molar-refractivity contribution in [3.05, 3.63) is 59.8 Å². The van der Waals surface area contributed by atoms with Crippen molar-refractivity contribution in [2.75, 3.05) is 38.2 Å². The number of pyridine rings is 1. The maximum Gasteiger partial charge on any atom is 0.338 e. The molecule has 1 fully saturated rings. The SMILES string of the molecule is COC(=O)c1ccccc1CS(=O)(=O)N1CCN(c2ccccn2)CC1. The van der Waals surface area contributed by atoms with Crippen molar-refractivity contribution >= 4 is 21.8 Å². The van der Waals surface area contributed by atoms with E-state index in [4.69, 9.17) is 4.74 Å². The molecule has 0 bridgehead atoms. The predicted octanol–water partition coefficient (Wildman–Crippen LogP) is 1.52. The molecule has 138 valence electrons. The van der Waals surface area contributed by atoms with Gasteiger partial charge in [-0.15, -0.1) is 0 Å². The van der Waals surface area contributed by atoms with Gasteiger partial charge in [-0.1, -0.05) is 24.3 Å². The van der Waals surface area contributed by atoms with Crippen LogP contribution in [0, 0.1) is 0 Å². The average Bonchev–Trinajstić information content (AvgIpc) is 2.68. The first-order valence-corrected chi connectivity index (χ1v) is 9.92. The van der Waals surface area contributed by atoms with E-state index >= 15 is 0 Å². The normalized spacial score (nSPS) is 15.7. The van der Waals surface area contributed by atoms with Gasteiger partial charge in [0.1, 0.15) is 5.82 Å². The number of sulfonamides is 1. The fourth-order valence-corrected chi connectivity index (χ4v) is 4.53. The molecular formula is C18H21N3O4S. The molecule has 0 N–H and O–H groups in total. The van der Waals surface area contributed by atoms with Crippen LogP contribution in [0.25, 0.3) is 0 Å². The van der Waals surface area contributed by atoms with Crippen LogP contribution in [0.1, 0.15) is 15.9 Å². The van der Waals surface area contributed by atoms with Crippen LogP contribution in [0.2, 0.25) is 0 Å². The highest BCUT2D eigenvalue weighted by Gasteiger charge is 2.28.